The molecule has 0 aromatic carbocycles. The van der Waals surface area contributed by atoms with Gasteiger partial charge in [-0.2, -0.15) is 5.10 Å². The van der Waals surface area contributed by atoms with Gasteiger partial charge >= 0.3 is 0 Å². The van der Waals surface area contributed by atoms with E-state index in [1.807, 2.05) is 23.9 Å². The van der Waals surface area contributed by atoms with Crippen molar-refractivity contribution in [2.45, 2.75) is 45.9 Å². The van der Waals surface area contributed by atoms with Gasteiger partial charge in [-0.3, -0.25) is 14.3 Å². The third-order valence-electron chi connectivity index (χ3n) is 3.75. The molecule has 6 nitrogen and oxygen atoms in total. The lowest BCUT2D eigenvalue weighted by atomic mass is 10.1. The molecule has 6 heteroatoms. The van der Waals surface area contributed by atoms with Crippen LogP contribution in [0, 0.1) is 0 Å². The summed E-state index contributed by atoms with van der Waals surface area (Å²) in [5.41, 5.74) is 0.812. The van der Waals surface area contributed by atoms with E-state index < -0.39 is 12.1 Å². The van der Waals surface area contributed by atoms with Crippen molar-refractivity contribution in [1.82, 2.24) is 19.6 Å². The van der Waals surface area contributed by atoms with E-state index in [1.165, 1.54) is 4.90 Å². The third-order valence-corrected chi connectivity index (χ3v) is 3.75. The summed E-state index contributed by atoms with van der Waals surface area (Å²) >= 11 is 0. The Morgan fingerprint density at radius 3 is 2.47 bits per heavy atom. The van der Waals surface area contributed by atoms with E-state index >= 15 is 0 Å². The summed E-state index contributed by atoms with van der Waals surface area (Å²) in [7, 11) is 1.67. The van der Waals surface area contributed by atoms with Crippen molar-refractivity contribution in [3.05, 3.63) is 18.0 Å². The molecule has 1 aromatic rings. The van der Waals surface area contributed by atoms with Gasteiger partial charge in [0.1, 0.15) is 12.1 Å². The smallest absolute Gasteiger partial charge is 0.246 e. The number of aromatic nitrogens is 2. The van der Waals surface area contributed by atoms with Gasteiger partial charge in [-0.1, -0.05) is 0 Å². The maximum Gasteiger partial charge on any atom is 0.246 e. The molecule has 0 bridgehead atoms. The number of amides is 2. The van der Waals surface area contributed by atoms with Crippen LogP contribution in [-0.2, 0) is 22.7 Å². The van der Waals surface area contributed by atoms with Crippen LogP contribution in [0.3, 0.4) is 0 Å². The summed E-state index contributed by atoms with van der Waals surface area (Å²) < 4.78 is 1.81. The highest BCUT2D eigenvalue weighted by atomic mass is 16.2. The fraction of sp³-hybridized carbons (Fsp3) is 0.615. The molecular formula is C13H20N4O2. The molecule has 2 atom stereocenters. The normalized spacial score (nSPS) is 24.2. The van der Waals surface area contributed by atoms with E-state index in [-0.39, 0.29) is 11.8 Å². The number of nitrogens with zero attached hydrogens (tertiary/aromatic N) is 4. The lowest BCUT2D eigenvalue weighted by Crippen LogP contribution is -2.61. The standard InChI is InChI=1S/C13H20N4O2/c1-5-16-7-6-11(14-16)8-17-10(3)12(18)15(4)9(2)13(17)19/h6-7,9-10H,5,8H2,1-4H3/t9-,10-/m0/s1. The zero-order valence-corrected chi connectivity index (χ0v) is 11.8. The zero-order valence-electron chi connectivity index (χ0n) is 11.8. The average molecular weight is 264 g/mol. The molecule has 2 rings (SSSR count). The molecule has 0 saturated carbocycles. The first-order valence-corrected chi connectivity index (χ1v) is 6.55. The number of rotatable bonds is 3. The van der Waals surface area contributed by atoms with Gasteiger partial charge < -0.3 is 9.80 Å². The minimum Gasteiger partial charge on any atom is -0.332 e. The van der Waals surface area contributed by atoms with Crippen molar-refractivity contribution in [1.29, 1.82) is 0 Å². The molecule has 1 aliphatic rings. The number of carbonyl (C=O) groups excluding carboxylic acids is 2. The van der Waals surface area contributed by atoms with Crippen LogP contribution in [0.15, 0.2) is 12.3 Å². The first-order valence-electron chi connectivity index (χ1n) is 6.55. The van der Waals surface area contributed by atoms with Crippen molar-refractivity contribution < 1.29 is 9.59 Å². The second-order valence-corrected chi connectivity index (χ2v) is 4.93. The molecule has 2 heterocycles. The number of piperazine rings is 1. The third kappa shape index (κ3) is 2.34. The van der Waals surface area contributed by atoms with Crippen LogP contribution in [0.4, 0.5) is 0 Å². The Balaban J connectivity index is 2.18. The molecule has 104 valence electrons. The minimum atomic E-state index is -0.430. The second-order valence-electron chi connectivity index (χ2n) is 4.93. The summed E-state index contributed by atoms with van der Waals surface area (Å²) in [6, 6.07) is 1.05. The molecule has 0 unspecified atom stereocenters. The molecule has 1 saturated heterocycles. The Morgan fingerprint density at radius 1 is 1.21 bits per heavy atom. The minimum absolute atomic E-state index is 0.0259. The van der Waals surface area contributed by atoms with Crippen LogP contribution in [0.2, 0.25) is 0 Å². The average Bonchev–Trinajstić information content (AvgIpc) is 2.87. The van der Waals surface area contributed by atoms with Gasteiger partial charge in [0.05, 0.1) is 12.2 Å². The summed E-state index contributed by atoms with van der Waals surface area (Å²) in [5, 5.41) is 4.36. The number of likely N-dealkylation sites (N-methyl/N-ethyl adjacent to an activating group) is 1. The molecule has 2 amide bonds. The Bertz CT molecular complexity index is 497. The second kappa shape index (κ2) is 5.03. The van der Waals surface area contributed by atoms with Gasteiger partial charge in [0.2, 0.25) is 11.8 Å². The van der Waals surface area contributed by atoms with Crippen molar-refractivity contribution in [2.75, 3.05) is 7.05 Å². The van der Waals surface area contributed by atoms with Crippen molar-refractivity contribution in [2.24, 2.45) is 0 Å². The summed E-state index contributed by atoms with van der Waals surface area (Å²) in [4.78, 5) is 27.4. The Kier molecular flexibility index (Phi) is 3.59. The van der Waals surface area contributed by atoms with Gasteiger partial charge in [0.15, 0.2) is 0 Å². The van der Waals surface area contributed by atoms with Gasteiger partial charge in [-0.25, -0.2) is 0 Å². The van der Waals surface area contributed by atoms with Gasteiger partial charge in [-0.15, -0.1) is 0 Å². The predicted octanol–water partition coefficient (Wildman–Crippen LogP) is 0.481. The highest BCUT2D eigenvalue weighted by Crippen LogP contribution is 2.18. The van der Waals surface area contributed by atoms with Gasteiger partial charge in [-0.05, 0) is 26.8 Å². The first-order chi connectivity index (χ1) is 8.95. The van der Waals surface area contributed by atoms with E-state index in [0.717, 1.165) is 12.2 Å². The maximum absolute atomic E-state index is 12.3. The van der Waals surface area contributed by atoms with Crippen LogP contribution in [0.25, 0.3) is 0 Å². The topological polar surface area (TPSA) is 58.4 Å². The van der Waals surface area contributed by atoms with Crippen LogP contribution < -0.4 is 0 Å². The van der Waals surface area contributed by atoms with E-state index in [0.29, 0.717) is 6.54 Å². The number of hydrogen-bond donors (Lipinski definition) is 0. The molecule has 0 spiro atoms. The van der Waals surface area contributed by atoms with E-state index in [9.17, 15) is 9.59 Å². The monoisotopic (exact) mass is 264 g/mol. The Morgan fingerprint density at radius 2 is 1.89 bits per heavy atom. The van der Waals surface area contributed by atoms with Crippen molar-refractivity contribution >= 4 is 11.8 Å². The van der Waals surface area contributed by atoms with E-state index in [2.05, 4.69) is 5.10 Å². The van der Waals surface area contributed by atoms with Gasteiger partial charge in [0, 0.05) is 19.8 Å². The molecule has 1 aliphatic heterocycles. The molecular weight excluding hydrogens is 244 g/mol. The molecule has 19 heavy (non-hydrogen) atoms. The molecule has 1 fully saturated rings. The first kappa shape index (κ1) is 13.6. The summed E-state index contributed by atoms with van der Waals surface area (Å²) in [5.74, 6) is -0.0531. The maximum atomic E-state index is 12.3. The molecule has 1 aromatic heterocycles. The van der Waals surface area contributed by atoms with Crippen LogP contribution in [-0.4, -0.2) is 50.5 Å². The zero-order chi connectivity index (χ0) is 14.2. The SMILES string of the molecule is CCn1ccc(CN2C(=O)[C@H](C)N(C)C(=O)[C@@H]2C)n1. The number of hydrogen-bond acceptors (Lipinski definition) is 3. The molecule has 0 N–H and O–H groups in total. The summed E-state index contributed by atoms with van der Waals surface area (Å²) in [6.45, 7) is 6.70. The Hall–Kier alpha value is -1.85. The van der Waals surface area contributed by atoms with E-state index in [4.69, 9.17) is 0 Å². The quantitative estimate of drug-likeness (QED) is 0.798. The molecule has 0 radical (unpaired) electrons. The fourth-order valence-electron chi connectivity index (χ4n) is 2.27. The Labute approximate surface area is 113 Å². The van der Waals surface area contributed by atoms with E-state index in [1.54, 1.807) is 25.8 Å². The van der Waals surface area contributed by atoms with Crippen LogP contribution in [0.1, 0.15) is 26.5 Å². The number of carbonyl (C=O) groups is 2. The largest absolute Gasteiger partial charge is 0.332 e. The highest BCUT2D eigenvalue weighted by Gasteiger charge is 2.39. The lowest BCUT2D eigenvalue weighted by molar-refractivity contribution is -0.159. The van der Waals surface area contributed by atoms with Crippen LogP contribution >= 0.6 is 0 Å². The van der Waals surface area contributed by atoms with Gasteiger partial charge in [0.25, 0.3) is 0 Å². The van der Waals surface area contributed by atoms with Crippen molar-refractivity contribution in [3.63, 3.8) is 0 Å². The summed E-state index contributed by atoms with van der Waals surface area (Å²) in [6.07, 6.45) is 1.88. The fourth-order valence-corrected chi connectivity index (χ4v) is 2.27. The van der Waals surface area contributed by atoms with Crippen LogP contribution in [0.5, 0.6) is 0 Å². The number of aryl methyl sites for hydroxylation is 1. The predicted molar refractivity (Wildman–Crippen MR) is 70.1 cm³/mol. The molecule has 0 aliphatic carbocycles. The van der Waals surface area contributed by atoms with Crippen molar-refractivity contribution in [3.8, 4) is 0 Å². The lowest BCUT2D eigenvalue weighted by Gasteiger charge is -2.40. The highest BCUT2D eigenvalue weighted by molar-refractivity contribution is 5.96.